The van der Waals surface area contributed by atoms with E-state index in [4.69, 9.17) is 11.6 Å². The fraction of sp³-hybridized carbons (Fsp3) is 0.750. The SMILES string of the molecule is C[C@@]1(CC(=O)Cl)OC(C(F)(F)F)(C(F)(F)F)OC1=O. The van der Waals surface area contributed by atoms with Crippen molar-refractivity contribution in [1.29, 1.82) is 0 Å². The summed E-state index contributed by atoms with van der Waals surface area (Å²) in [7, 11) is 0. The van der Waals surface area contributed by atoms with Gasteiger partial charge in [-0.15, -0.1) is 0 Å². The quantitative estimate of drug-likeness (QED) is 0.446. The molecule has 0 aliphatic carbocycles. The molecule has 1 atom stereocenters. The van der Waals surface area contributed by atoms with Crippen molar-refractivity contribution in [3.63, 3.8) is 0 Å². The highest BCUT2D eigenvalue weighted by molar-refractivity contribution is 6.63. The van der Waals surface area contributed by atoms with Crippen molar-refractivity contribution in [2.45, 2.75) is 37.1 Å². The number of hydrogen-bond donors (Lipinski definition) is 0. The molecule has 11 heteroatoms. The van der Waals surface area contributed by atoms with Crippen molar-refractivity contribution in [1.82, 2.24) is 0 Å². The second kappa shape index (κ2) is 4.23. The number of alkyl halides is 6. The number of cyclic esters (lactones) is 1. The lowest BCUT2D eigenvalue weighted by Gasteiger charge is -2.31. The van der Waals surface area contributed by atoms with Crippen LogP contribution in [0.2, 0.25) is 0 Å². The third-order valence-electron chi connectivity index (χ3n) is 2.26. The molecule has 1 aliphatic rings. The number of halogens is 7. The lowest BCUT2D eigenvalue weighted by atomic mass is 10.0. The molecule has 1 heterocycles. The zero-order valence-electron chi connectivity index (χ0n) is 8.99. The summed E-state index contributed by atoms with van der Waals surface area (Å²) in [5, 5.41) is -1.35. The summed E-state index contributed by atoms with van der Waals surface area (Å²) < 4.78 is 82.3. The summed E-state index contributed by atoms with van der Waals surface area (Å²) in [5.74, 6) is -7.07. The summed E-state index contributed by atoms with van der Waals surface area (Å²) in [5.41, 5.74) is -2.76. The van der Waals surface area contributed by atoms with E-state index in [9.17, 15) is 35.9 Å². The number of rotatable bonds is 2. The summed E-state index contributed by atoms with van der Waals surface area (Å²) in [6.45, 7) is 0.550. The fourth-order valence-electron chi connectivity index (χ4n) is 1.38. The Labute approximate surface area is 106 Å². The molecule has 0 N–H and O–H groups in total. The first-order chi connectivity index (χ1) is 8.25. The molecular formula is C8H5ClF6O4. The fourth-order valence-corrected chi connectivity index (χ4v) is 1.64. The third-order valence-corrected chi connectivity index (χ3v) is 2.39. The monoisotopic (exact) mass is 314 g/mol. The van der Waals surface area contributed by atoms with E-state index < -0.39 is 41.4 Å². The first-order valence-corrected chi connectivity index (χ1v) is 4.88. The van der Waals surface area contributed by atoms with Gasteiger partial charge in [-0.25, -0.2) is 4.79 Å². The number of hydrogen-bond acceptors (Lipinski definition) is 4. The Hall–Kier alpha value is -1.03. The highest BCUT2D eigenvalue weighted by atomic mass is 35.5. The van der Waals surface area contributed by atoms with Crippen LogP contribution in [0, 0.1) is 0 Å². The van der Waals surface area contributed by atoms with Crippen LogP contribution in [0.4, 0.5) is 26.3 Å². The largest absolute Gasteiger partial charge is 0.465 e. The molecule has 0 amide bonds. The predicted molar refractivity (Wildman–Crippen MR) is 45.9 cm³/mol. The minimum atomic E-state index is -6.06. The van der Waals surface area contributed by atoms with E-state index in [0.717, 1.165) is 0 Å². The number of esters is 1. The molecule has 0 aromatic carbocycles. The van der Waals surface area contributed by atoms with Crippen molar-refractivity contribution in [3.8, 4) is 0 Å². The van der Waals surface area contributed by atoms with Gasteiger partial charge in [0.2, 0.25) is 5.24 Å². The van der Waals surface area contributed by atoms with E-state index in [1.54, 1.807) is 0 Å². The van der Waals surface area contributed by atoms with Gasteiger partial charge in [0, 0.05) is 0 Å². The molecule has 1 saturated heterocycles. The van der Waals surface area contributed by atoms with Crippen LogP contribution in [0.1, 0.15) is 13.3 Å². The van der Waals surface area contributed by atoms with E-state index >= 15 is 0 Å². The molecular weight excluding hydrogens is 310 g/mol. The Morgan fingerprint density at radius 1 is 1.21 bits per heavy atom. The lowest BCUT2D eigenvalue weighted by Crippen LogP contribution is -2.58. The molecule has 0 unspecified atom stereocenters. The minimum absolute atomic E-state index is 0.550. The molecule has 1 rings (SSSR count). The van der Waals surface area contributed by atoms with Gasteiger partial charge in [0.05, 0.1) is 6.42 Å². The molecule has 110 valence electrons. The predicted octanol–water partition coefficient (Wildman–Crippen LogP) is 2.29. The molecule has 0 aromatic rings. The number of ether oxygens (including phenoxy) is 2. The van der Waals surface area contributed by atoms with Gasteiger partial charge in [-0.1, -0.05) is 0 Å². The van der Waals surface area contributed by atoms with Crippen molar-refractivity contribution in [3.05, 3.63) is 0 Å². The van der Waals surface area contributed by atoms with Crippen molar-refractivity contribution >= 4 is 22.8 Å². The first-order valence-electron chi connectivity index (χ1n) is 4.50. The van der Waals surface area contributed by atoms with Crippen molar-refractivity contribution in [2.75, 3.05) is 0 Å². The maximum Gasteiger partial charge on any atom is 0.465 e. The average Bonchev–Trinajstić information content (AvgIpc) is 2.36. The molecule has 1 aliphatic heterocycles. The van der Waals surface area contributed by atoms with Gasteiger partial charge in [-0.05, 0) is 18.5 Å². The second-order valence-electron chi connectivity index (χ2n) is 3.87. The summed E-state index contributed by atoms with van der Waals surface area (Å²) in [4.78, 5) is 21.8. The van der Waals surface area contributed by atoms with Crippen LogP contribution < -0.4 is 0 Å². The lowest BCUT2D eigenvalue weighted by molar-refractivity contribution is -0.444. The number of carbonyl (C=O) groups is 2. The number of carbonyl (C=O) groups excluding carboxylic acids is 2. The van der Waals surface area contributed by atoms with Crippen LogP contribution >= 0.6 is 11.6 Å². The maximum absolute atomic E-state index is 12.5. The Balaban J connectivity index is 3.28. The van der Waals surface area contributed by atoms with Gasteiger partial charge in [-0.3, -0.25) is 4.79 Å². The normalized spacial score (nSPS) is 27.3. The van der Waals surface area contributed by atoms with E-state index in [0.29, 0.717) is 6.92 Å². The van der Waals surface area contributed by atoms with Gasteiger partial charge >= 0.3 is 24.1 Å². The van der Waals surface area contributed by atoms with Gasteiger partial charge in [0.15, 0.2) is 5.60 Å². The maximum atomic E-state index is 12.5. The van der Waals surface area contributed by atoms with Crippen molar-refractivity contribution in [2.24, 2.45) is 0 Å². The van der Waals surface area contributed by atoms with Gasteiger partial charge < -0.3 is 9.47 Å². The van der Waals surface area contributed by atoms with Crippen LogP contribution in [0.3, 0.4) is 0 Å². The smallest absolute Gasteiger partial charge is 0.414 e. The van der Waals surface area contributed by atoms with Crippen LogP contribution in [0.15, 0.2) is 0 Å². The highest BCUT2D eigenvalue weighted by Gasteiger charge is 2.82. The summed E-state index contributed by atoms with van der Waals surface area (Å²) in [6.07, 6.45) is -13.3. The van der Waals surface area contributed by atoms with E-state index in [1.807, 2.05) is 0 Å². The van der Waals surface area contributed by atoms with Crippen LogP contribution in [-0.2, 0) is 19.1 Å². The summed E-state index contributed by atoms with van der Waals surface area (Å²) >= 11 is 4.85. The zero-order chi connectivity index (χ0) is 15.3. The molecule has 1 fully saturated rings. The molecule has 19 heavy (non-hydrogen) atoms. The minimum Gasteiger partial charge on any atom is -0.414 e. The highest BCUT2D eigenvalue weighted by Crippen LogP contribution is 2.53. The molecule has 0 bridgehead atoms. The molecule has 0 spiro atoms. The van der Waals surface area contributed by atoms with Crippen LogP contribution in [0.25, 0.3) is 0 Å². The average molecular weight is 315 g/mol. The third kappa shape index (κ3) is 2.50. The zero-order valence-corrected chi connectivity index (χ0v) is 9.74. The Morgan fingerprint density at radius 2 is 1.63 bits per heavy atom. The van der Waals surface area contributed by atoms with Gasteiger partial charge in [0.1, 0.15) is 0 Å². The van der Waals surface area contributed by atoms with Gasteiger partial charge in [-0.2, -0.15) is 26.3 Å². The molecule has 0 aromatic heterocycles. The second-order valence-corrected chi connectivity index (χ2v) is 4.29. The topological polar surface area (TPSA) is 52.6 Å². The van der Waals surface area contributed by atoms with E-state index in [1.165, 1.54) is 0 Å². The van der Waals surface area contributed by atoms with E-state index in [2.05, 4.69) is 9.47 Å². The van der Waals surface area contributed by atoms with Crippen LogP contribution in [0.5, 0.6) is 0 Å². The summed E-state index contributed by atoms with van der Waals surface area (Å²) in [6, 6.07) is 0. The standard InChI is InChI=1S/C8H5ClF6O4/c1-5(2-3(9)16)4(17)18-6(19-5,7(10,11)12)8(13,14)15/h2H2,1H3/t5-/m0/s1. The molecule has 0 saturated carbocycles. The molecule has 4 nitrogen and oxygen atoms in total. The van der Waals surface area contributed by atoms with Crippen molar-refractivity contribution < 1.29 is 45.4 Å². The Kier molecular flexibility index (Phi) is 3.57. The van der Waals surface area contributed by atoms with Gasteiger partial charge in [0.25, 0.3) is 0 Å². The molecule has 0 radical (unpaired) electrons. The first kappa shape index (κ1) is 16.0. The van der Waals surface area contributed by atoms with Crippen LogP contribution in [-0.4, -0.2) is 35.0 Å². The van der Waals surface area contributed by atoms with E-state index in [-0.39, 0.29) is 0 Å². The Bertz CT molecular complexity index is 402. The Morgan fingerprint density at radius 3 is 1.89 bits per heavy atom.